The number of rotatable bonds is 6. The summed E-state index contributed by atoms with van der Waals surface area (Å²) in [5.74, 6) is -0.596. The van der Waals surface area contributed by atoms with E-state index < -0.39 is 11.7 Å². The number of aromatic nitrogens is 1. The number of hydrogen-bond donors (Lipinski definition) is 1. The van der Waals surface area contributed by atoms with Gasteiger partial charge in [-0.3, -0.25) is 9.59 Å². The van der Waals surface area contributed by atoms with Gasteiger partial charge in [0, 0.05) is 17.3 Å². The minimum absolute atomic E-state index is 0.189. The molecule has 3 aromatic rings. The molecule has 0 aliphatic carbocycles. The second-order valence-corrected chi connectivity index (χ2v) is 5.90. The van der Waals surface area contributed by atoms with Crippen molar-refractivity contribution in [1.29, 1.82) is 0 Å². The Hall–Kier alpha value is -3.25. The number of nitrogens with one attached hydrogen (secondary N) is 1. The number of halogens is 2. The fraction of sp³-hybridized carbons (Fsp3) is 0.0500. The highest BCUT2D eigenvalue weighted by Gasteiger charge is 2.10. The Bertz CT molecular complexity index is 960. The van der Waals surface area contributed by atoms with Gasteiger partial charge in [0.1, 0.15) is 11.6 Å². The number of amides is 1. The Labute approximate surface area is 159 Å². The van der Waals surface area contributed by atoms with Gasteiger partial charge in [0.2, 0.25) is 0 Å². The number of ether oxygens (including phenoxy) is 1. The Morgan fingerprint density at radius 1 is 1.00 bits per heavy atom. The molecule has 0 spiro atoms. The third-order valence-corrected chi connectivity index (χ3v) is 3.93. The van der Waals surface area contributed by atoms with Crippen LogP contribution in [0.4, 0.5) is 10.1 Å². The molecule has 0 fully saturated rings. The predicted molar refractivity (Wildman–Crippen MR) is 99.6 cm³/mol. The fourth-order valence-corrected chi connectivity index (χ4v) is 2.45. The van der Waals surface area contributed by atoms with E-state index in [1.165, 1.54) is 30.5 Å². The molecule has 0 atom stereocenters. The molecule has 2 aromatic carbocycles. The van der Waals surface area contributed by atoms with Crippen molar-refractivity contribution in [3.05, 3.63) is 89.0 Å². The smallest absolute Gasteiger partial charge is 0.262 e. The third-order valence-electron chi connectivity index (χ3n) is 3.63. The van der Waals surface area contributed by atoms with Gasteiger partial charge in [-0.15, -0.1) is 0 Å². The molecule has 27 heavy (non-hydrogen) atoms. The van der Waals surface area contributed by atoms with Gasteiger partial charge in [-0.05, 0) is 60.7 Å². The first kappa shape index (κ1) is 18.5. The molecule has 1 amide bonds. The highest BCUT2D eigenvalue weighted by molar-refractivity contribution is 6.32. The van der Waals surface area contributed by atoms with E-state index >= 15 is 0 Å². The van der Waals surface area contributed by atoms with Crippen molar-refractivity contribution in [1.82, 2.24) is 4.98 Å². The topological polar surface area (TPSA) is 68.3 Å². The van der Waals surface area contributed by atoms with E-state index in [0.29, 0.717) is 22.6 Å². The SMILES string of the molecule is O=C(COc1ccc(C(=O)c2ccc(F)cc2)cc1)Nc1cccnc1Cl. The summed E-state index contributed by atoms with van der Waals surface area (Å²) in [5, 5.41) is 2.78. The second kappa shape index (κ2) is 8.42. The fourth-order valence-electron chi connectivity index (χ4n) is 2.28. The largest absolute Gasteiger partial charge is 0.484 e. The molecule has 0 aliphatic heterocycles. The Morgan fingerprint density at radius 2 is 1.63 bits per heavy atom. The molecule has 136 valence electrons. The van der Waals surface area contributed by atoms with Crippen molar-refractivity contribution in [3.8, 4) is 5.75 Å². The molecule has 1 aromatic heterocycles. The Kier molecular flexibility index (Phi) is 5.78. The highest BCUT2D eigenvalue weighted by Crippen LogP contribution is 2.18. The van der Waals surface area contributed by atoms with Gasteiger partial charge in [0.15, 0.2) is 17.5 Å². The maximum absolute atomic E-state index is 12.9. The molecular formula is C20H14ClFN2O3. The van der Waals surface area contributed by atoms with Crippen molar-refractivity contribution < 1.29 is 18.7 Å². The Morgan fingerprint density at radius 3 is 2.26 bits per heavy atom. The molecular weight excluding hydrogens is 371 g/mol. The van der Waals surface area contributed by atoms with E-state index in [4.69, 9.17) is 16.3 Å². The number of carbonyl (C=O) groups excluding carboxylic acids is 2. The minimum Gasteiger partial charge on any atom is -0.484 e. The van der Waals surface area contributed by atoms with E-state index in [0.717, 1.165) is 0 Å². The summed E-state index contributed by atoms with van der Waals surface area (Å²) in [4.78, 5) is 28.1. The maximum atomic E-state index is 12.9. The van der Waals surface area contributed by atoms with Crippen LogP contribution in [0.5, 0.6) is 5.75 Å². The number of carbonyl (C=O) groups is 2. The van der Waals surface area contributed by atoms with Crippen molar-refractivity contribution >= 4 is 29.0 Å². The average Bonchev–Trinajstić information content (AvgIpc) is 2.69. The van der Waals surface area contributed by atoms with E-state index in [2.05, 4.69) is 10.3 Å². The van der Waals surface area contributed by atoms with Crippen molar-refractivity contribution in [2.24, 2.45) is 0 Å². The van der Waals surface area contributed by atoms with Crippen LogP contribution in [0, 0.1) is 5.82 Å². The summed E-state index contributed by atoms with van der Waals surface area (Å²) in [5.41, 5.74) is 1.21. The van der Waals surface area contributed by atoms with Crippen molar-refractivity contribution in [2.45, 2.75) is 0 Å². The third kappa shape index (κ3) is 4.89. The van der Waals surface area contributed by atoms with E-state index in [1.807, 2.05) is 0 Å². The highest BCUT2D eigenvalue weighted by atomic mass is 35.5. The lowest BCUT2D eigenvalue weighted by Gasteiger charge is -2.09. The average molecular weight is 385 g/mol. The van der Waals surface area contributed by atoms with Gasteiger partial charge in [-0.25, -0.2) is 9.37 Å². The van der Waals surface area contributed by atoms with Crippen LogP contribution in [-0.2, 0) is 4.79 Å². The molecule has 0 saturated carbocycles. The summed E-state index contributed by atoms with van der Waals surface area (Å²) < 4.78 is 18.3. The van der Waals surface area contributed by atoms with E-state index in [9.17, 15) is 14.0 Å². The minimum atomic E-state index is -0.402. The molecule has 7 heteroatoms. The number of ketones is 1. The zero-order valence-corrected chi connectivity index (χ0v) is 14.7. The van der Waals surface area contributed by atoms with Crippen LogP contribution in [0.3, 0.4) is 0 Å². The van der Waals surface area contributed by atoms with Crippen LogP contribution >= 0.6 is 11.6 Å². The molecule has 1 heterocycles. The van der Waals surface area contributed by atoms with Crippen LogP contribution in [-0.4, -0.2) is 23.3 Å². The normalized spacial score (nSPS) is 10.3. The molecule has 5 nitrogen and oxygen atoms in total. The maximum Gasteiger partial charge on any atom is 0.262 e. The lowest BCUT2D eigenvalue weighted by atomic mass is 10.0. The van der Waals surface area contributed by atoms with Gasteiger partial charge >= 0.3 is 0 Å². The van der Waals surface area contributed by atoms with Gasteiger partial charge in [0.25, 0.3) is 5.91 Å². The molecule has 0 bridgehead atoms. The molecule has 0 unspecified atom stereocenters. The number of anilines is 1. The summed E-state index contributed by atoms with van der Waals surface area (Å²) in [6, 6.07) is 14.9. The van der Waals surface area contributed by atoms with Gasteiger partial charge in [0.05, 0.1) is 5.69 Å². The zero-order chi connectivity index (χ0) is 19.2. The van der Waals surface area contributed by atoms with Crippen molar-refractivity contribution in [3.63, 3.8) is 0 Å². The van der Waals surface area contributed by atoms with Crippen LogP contribution in [0.15, 0.2) is 66.9 Å². The standard InChI is InChI=1S/C20H14ClFN2O3/c21-20-17(2-1-11-23-20)24-18(25)12-27-16-9-5-14(6-10-16)19(26)13-3-7-15(22)8-4-13/h1-11H,12H2,(H,24,25). The second-order valence-electron chi connectivity index (χ2n) is 5.54. The van der Waals surface area contributed by atoms with Crippen LogP contribution in [0.2, 0.25) is 5.15 Å². The molecule has 1 N–H and O–H groups in total. The predicted octanol–water partition coefficient (Wildman–Crippen LogP) is 4.12. The lowest BCUT2D eigenvalue weighted by molar-refractivity contribution is -0.118. The van der Waals surface area contributed by atoms with Crippen molar-refractivity contribution in [2.75, 3.05) is 11.9 Å². The number of nitrogens with zero attached hydrogens (tertiary/aromatic N) is 1. The zero-order valence-electron chi connectivity index (χ0n) is 14.0. The quantitative estimate of drug-likeness (QED) is 0.512. The molecule has 0 radical (unpaired) electrons. The summed E-state index contributed by atoms with van der Waals surface area (Å²) >= 11 is 5.87. The van der Waals surface area contributed by atoms with Gasteiger partial charge in [-0.2, -0.15) is 0 Å². The van der Waals surface area contributed by atoms with Crippen LogP contribution < -0.4 is 10.1 Å². The molecule has 0 aliphatic rings. The van der Waals surface area contributed by atoms with Gasteiger partial charge in [-0.1, -0.05) is 11.6 Å². The first-order chi connectivity index (χ1) is 13.0. The summed E-state index contributed by atoms with van der Waals surface area (Å²) in [6.07, 6.45) is 1.52. The van der Waals surface area contributed by atoms with Gasteiger partial charge < -0.3 is 10.1 Å². The summed E-state index contributed by atoms with van der Waals surface area (Å²) in [7, 11) is 0. The monoisotopic (exact) mass is 384 g/mol. The molecule has 3 rings (SSSR count). The Balaban J connectivity index is 1.57. The first-order valence-corrected chi connectivity index (χ1v) is 8.34. The summed E-state index contributed by atoms with van der Waals surface area (Å²) in [6.45, 7) is -0.226. The van der Waals surface area contributed by atoms with E-state index in [1.54, 1.807) is 36.4 Å². The number of benzene rings is 2. The first-order valence-electron chi connectivity index (χ1n) is 7.96. The lowest BCUT2D eigenvalue weighted by Crippen LogP contribution is -2.20. The van der Waals surface area contributed by atoms with Crippen LogP contribution in [0.25, 0.3) is 0 Å². The molecule has 0 saturated heterocycles. The number of hydrogen-bond acceptors (Lipinski definition) is 4. The van der Waals surface area contributed by atoms with Crippen LogP contribution in [0.1, 0.15) is 15.9 Å². The van der Waals surface area contributed by atoms with E-state index in [-0.39, 0.29) is 17.5 Å². The number of pyridine rings is 1.